The molecule has 0 bridgehead atoms. The van der Waals surface area contributed by atoms with Crippen molar-refractivity contribution in [3.05, 3.63) is 57.0 Å². The normalized spacial score (nSPS) is 26.5. The first kappa shape index (κ1) is 38.0. The second-order valence-electron chi connectivity index (χ2n) is 9.63. The maximum atomic E-state index is 10.5. The van der Waals surface area contributed by atoms with Crippen molar-refractivity contribution < 1.29 is 43.1 Å². The van der Waals surface area contributed by atoms with Gasteiger partial charge in [-0.05, 0) is 43.5 Å². The number of rotatable bonds is 16. The summed E-state index contributed by atoms with van der Waals surface area (Å²) in [5.41, 5.74) is 17.4. The highest BCUT2D eigenvalue weighted by Crippen LogP contribution is 2.28. The average molecular weight is 623 g/mol. The lowest BCUT2D eigenvalue weighted by Gasteiger charge is -2.40. The molecule has 0 amide bonds. The zero-order chi connectivity index (χ0) is 33.1. The van der Waals surface area contributed by atoms with Gasteiger partial charge in [-0.2, -0.15) is 0 Å². The lowest BCUT2D eigenvalue weighted by Crippen LogP contribution is -2.57. The Labute approximate surface area is 256 Å². The number of ether oxygens (including phenoxy) is 6. The molecule has 44 heavy (non-hydrogen) atoms. The van der Waals surface area contributed by atoms with E-state index in [-0.39, 0.29) is 12.7 Å². The standard InChI is InChI=1S/C14H22N4O4.C13H20N4O5/c1-5-11(20-3)13(21-4)14-12(16-6-7-19)10(17-18-15)8-9(2)22-14;1-8-6-9(16-17-14)11(15-4-5-18)13(22-8)12(21-3)10(19)7-20-2/h6,8,10-14,16H,5H2,1-4H3;4,6,9-13,15,19H,7H2,1-3H3/t10?,11?,12?,13?,14-;9?,10?,11?,12?,13-/m11/s1. The lowest BCUT2D eigenvalue weighted by atomic mass is 9.92. The number of nitrogens with one attached hydrogen (secondary N) is 2. The van der Waals surface area contributed by atoms with Crippen LogP contribution in [-0.2, 0) is 38.0 Å². The fraction of sp³-hybridized carbons (Fsp3) is 0.704. The highest BCUT2D eigenvalue weighted by atomic mass is 16.6. The topological polar surface area (TPSA) is 231 Å². The van der Waals surface area contributed by atoms with Gasteiger partial charge in [0.05, 0.1) is 60.8 Å². The van der Waals surface area contributed by atoms with Crippen molar-refractivity contribution in [2.45, 2.75) is 88.0 Å². The van der Waals surface area contributed by atoms with Gasteiger partial charge in [0.1, 0.15) is 42.4 Å². The molecule has 0 aromatic heterocycles. The maximum Gasteiger partial charge on any atom is 0.147 e. The predicted molar refractivity (Wildman–Crippen MR) is 158 cm³/mol. The average Bonchev–Trinajstić information content (AvgIpc) is 3.00. The van der Waals surface area contributed by atoms with Crippen LogP contribution in [-0.4, -0.2) is 113 Å². The molecule has 2 heterocycles. The Kier molecular flexibility index (Phi) is 18.0. The molecular weight excluding hydrogens is 580 g/mol. The predicted octanol–water partition coefficient (Wildman–Crippen LogP) is 2.01. The van der Waals surface area contributed by atoms with Gasteiger partial charge >= 0.3 is 0 Å². The number of aliphatic hydroxyl groups is 1. The van der Waals surface area contributed by atoms with E-state index in [2.05, 4.69) is 30.7 Å². The molecule has 0 saturated heterocycles. The zero-order valence-corrected chi connectivity index (χ0v) is 25.9. The van der Waals surface area contributed by atoms with E-state index < -0.39 is 54.7 Å². The fourth-order valence-corrected chi connectivity index (χ4v) is 5.06. The van der Waals surface area contributed by atoms with E-state index in [4.69, 9.17) is 39.5 Å². The van der Waals surface area contributed by atoms with Crippen molar-refractivity contribution in [1.29, 1.82) is 0 Å². The number of nitrogens with zero attached hydrogens (tertiary/aromatic N) is 6. The third-order valence-electron chi connectivity index (χ3n) is 6.92. The number of allylic oxidation sites excluding steroid dienone is 2. The summed E-state index contributed by atoms with van der Waals surface area (Å²) in [5, 5.41) is 23.2. The van der Waals surface area contributed by atoms with E-state index in [0.717, 1.165) is 18.8 Å². The van der Waals surface area contributed by atoms with Gasteiger partial charge < -0.3 is 44.2 Å². The fourth-order valence-electron chi connectivity index (χ4n) is 5.06. The van der Waals surface area contributed by atoms with E-state index in [1.807, 2.05) is 6.92 Å². The van der Waals surface area contributed by atoms with Gasteiger partial charge in [-0.15, -0.1) is 0 Å². The minimum atomic E-state index is -0.956. The SMILES string of the molecule is CCC(OC)C(OC)[C@@H]1OC(C)=CC(N=[N+]=[N-])C1NC=C=O.COCC(O)C(OC)[C@@H]1OC(C)=CC(N=[N+]=[N-])C1NC=C=O. The largest absolute Gasteiger partial charge is 0.490 e. The molecule has 10 atom stereocenters. The van der Waals surface area contributed by atoms with E-state index >= 15 is 0 Å². The Bertz CT molecular complexity index is 1140. The van der Waals surface area contributed by atoms with Crippen LogP contribution in [0.5, 0.6) is 0 Å². The molecule has 0 saturated carbocycles. The Morgan fingerprint density at radius 1 is 0.909 bits per heavy atom. The quantitative estimate of drug-likeness (QED) is 0.0975. The van der Waals surface area contributed by atoms with Crippen LogP contribution >= 0.6 is 0 Å². The van der Waals surface area contributed by atoms with Crippen LogP contribution in [0.15, 0.2) is 46.3 Å². The van der Waals surface area contributed by atoms with Crippen molar-refractivity contribution in [3.8, 4) is 0 Å². The first-order valence-electron chi connectivity index (χ1n) is 13.7. The third-order valence-corrected chi connectivity index (χ3v) is 6.92. The number of carbonyl (C=O) groups excluding carboxylic acids is 2. The van der Waals surface area contributed by atoms with Crippen LogP contribution in [0.25, 0.3) is 20.9 Å². The van der Waals surface area contributed by atoms with Crippen molar-refractivity contribution in [3.63, 3.8) is 0 Å². The van der Waals surface area contributed by atoms with Gasteiger partial charge in [-0.3, -0.25) is 0 Å². The summed E-state index contributed by atoms with van der Waals surface area (Å²) in [6, 6.07) is -2.19. The minimum Gasteiger partial charge on any atom is -0.490 e. The number of azide groups is 2. The van der Waals surface area contributed by atoms with Crippen LogP contribution < -0.4 is 10.6 Å². The summed E-state index contributed by atoms with van der Waals surface area (Å²) in [7, 11) is 6.05. The number of hydrogen-bond donors (Lipinski definition) is 3. The van der Waals surface area contributed by atoms with Crippen molar-refractivity contribution in [1.82, 2.24) is 10.6 Å². The summed E-state index contributed by atoms with van der Waals surface area (Å²) in [6.45, 7) is 5.50. The molecule has 3 N–H and O–H groups in total. The molecule has 17 nitrogen and oxygen atoms in total. The molecule has 244 valence electrons. The molecule has 0 aromatic rings. The first-order chi connectivity index (χ1) is 21.2. The Morgan fingerprint density at radius 3 is 1.70 bits per heavy atom. The molecule has 17 heteroatoms. The molecule has 0 aromatic carbocycles. The summed E-state index contributed by atoms with van der Waals surface area (Å²) in [4.78, 5) is 26.6. The summed E-state index contributed by atoms with van der Waals surface area (Å²) in [5.74, 6) is 4.41. The van der Waals surface area contributed by atoms with Crippen LogP contribution in [0.4, 0.5) is 0 Å². The summed E-state index contributed by atoms with van der Waals surface area (Å²) >= 11 is 0. The molecule has 2 rings (SSSR count). The van der Waals surface area contributed by atoms with Gasteiger partial charge in [-0.1, -0.05) is 17.2 Å². The van der Waals surface area contributed by atoms with Crippen LogP contribution in [0, 0.1) is 0 Å². The number of hydrogen-bond acceptors (Lipinski definition) is 13. The minimum absolute atomic E-state index is 0.0452. The van der Waals surface area contributed by atoms with Crippen LogP contribution in [0.1, 0.15) is 27.2 Å². The molecule has 0 fully saturated rings. The number of methoxy groups -OCH3 is 4. The number of aliphatic hydroxyl groups excluding tert-OH is 1. The molecule has 2 aliphatic rings. The van der Waals surface area contributed by atoms with Crippen LogP contribution in [0.2, 0.25) is 0 Å². The zero-order valence-electron chi connectivity index (χ0n) is 25.9. The van der Waals surface area contributed by atoms with E-state index in [1.54, 1.807) is 52.1 Å². The van der Waals surface area contributed by atoms with Gasteiger partial charge in [0.15, 0.2) is 0 Å². The molecule has 0 spiro atoms. The van der Waals surface area contributed by atoms with E-state index in [9.17, 15) is 14.7 Å². The van der Waals surface area contributed by atoms with Gasteiger partial charge in [0.25, 0.3) is 0 Å². The van der Waals surface area contributed by atoms with Gasteiger partial charge in [0.2, 0.25) is 0 Å². The summed E-state index contributed by atoms with van der Waals surface area (Å²) in [6.07, 6.45) is 2.76. The highest BCUT2D eigenvalue weighted by molar-refractivity contribution is 5.44. The smallest absolute Gasteiger partial charge is 0.147 e. The monoisotopic (exact) mass is 622 g/mol. The Balaban J connectivity index is 0.000000440. The van der Waals surface area contributed by atoms with Crippen LogP contribution in [0.3, 0.4) is 0 Å². The molecular formula is C27H42N8O9. The maximum absolute atomic E-state index is 10.5. The van der Waals surface area contributed by atoms with Gasteiger partial charge in [0, 0.05) is 38.3 Å². The second kappa shape index (κ2) is 20.8. The Hall–Kier alpha value is -4.00. The second-order valence-corrected chi connectivity index (χ2v) is 9.63. The lowest BCUT2D eigenvalue weighted by molar-refractivity contribution is -0.121. The summed E-state index contributed by atoms with van der Waals surface area (Å²) < 4.78 is 32.8. The molecule has 8 unspecified atom stereocenters. The Morgan fingerprint density at radius 2 is 1.36 bits per heavy atom. The van der Waals surface area contributed by atoms with Crippen molar-refractivity contribution >= 4 is 11.9 Å². The van der Waals surface area contributed by atoms with Crippen molar-refractivity contribution in [2.75, 3.05) is 35.0 Å². The van der Waals surface area contributed by atoms with Crippen molar-refractivity contribution in [2.24, 2.45) is 10.2 Å². The molecule has 0 aliphatic carbocycles. The van der Waals surface area contributed by atoms with E-state index in [0.29, 0.717) is 11.5 Å². The third kappa shape index (κ3) is 10.9. The van der Waals surface area contributed by atoms with E-state index in [1.165, 1.54) is 14.2 Å². The molecule has 0 radical (unpaired) electrons. The van der Waals surface area contributed by atoms with Gasteiger partial charge in [-0.25, -0.2) is 9.59 Å². The molecule has 2 aliphatic heterocycles. The first-order valence-corrected chi connectivity index (χ1v) is 13.7. The highest BCUT2D eigenvalue weighted by Gasteiger charge is 2.43.